The lowest BCUT2D eigenvalue weighted by Crippen LogP contribution is -2.57. The second-order valence-electron chi connectivity index (χ2n) is 6.04. The number of rotatable bonds is 5. The van der Waals surface area contributed by atoms with Gasteiger partial charge in [0.25, 0.3) is 0 Å². The van der Waals surface area contributed by atoms with Crippen molar-refractivity contribution in [1.29, 1.82) is 0 Å². The van der Waals surface area contributed by atoms with Crippen LogP contribution in [0.4, 0.5) is 0 Å². The molecule has 0 saturated heterocycles. The van der Waals surface area contributed by atoms with Crippen molar-refractivity contribution in [3.05, 3.63) is 29.8 Å². The van der Waals surface area contributed by atoms with Crippen molar-refractivity contribution in [2.45, 2.75) is 36.8 Å². The standard InChI is InChI=1S/C17H20O9/c1-25-12-6-9(2-4-10(12)18)3-5-14(20)26-13-8-17(24,16(22)23)7-11(19)15(13)21/h2-6,11,13,15,18-19,21,24H,7-8H2,1H3,(H,22,23)/b5-3+/t11-,13?,15+,17-/m1/s1. The number of carbonyl (C=O) groups is 2. The fourth-order valence-electron chi connectivity index (χ4n) is 2.69. The van der Waals surface area contributed by atoms with Crippen molar-refractivity contribution in [1.82, 2.24) is 0 Å². The van der Waals surface area contributed by atoms with Gasteiger partial charge in [-0.1, -0.05) is 6.07 Å². The smallest absolute Gasteiger partial charge is 0.335 e. The number of carboxylic acid groups (broad SMARTS) is 1. The molecule has 0 heterocycles. The maximum atomic E-state index is 11.9. The van der Waals surface area contributed by atoms with E-state index in [1.807, 2.05) is 0 Å². The quantitative estimate of drug-likeness (QED) is 0.347. The number of phenols is 1. The van der Waals surface area contributed by atoms with Crippen LogP contribution >= 0.6 is 0 Å². The van der Waals surface area contributed by atoms with Crippen molar-refractivity contribution in [2.75, 3.05) is 7.11 Å². The summed E-state index contributed by atoms with van der Waals surface area (Å²) in [5.74, 6) is -2.34. The van der Waals surface area contributed by atoms with Crippen LogP contribution in [0, 0.1) is 0 Å². The minimum atomic E-state index is -2.29. The molecule has 0 amide bonds. The second kappa shape index (κ2) is 7.73. The Morgan fingerprint density at radius 1 is 1.27 bits per heavy atom. The number of esters is 1. The summed E-state index contributed by atoms with van der Waals surface area (Å²) in [6.07, 6.45) is -3.17. The Hall–Kier alpha value is -2.62. The Balaban J connectivity index is 2.07. The first-order valence-electron chi connectivity index (χ1n) is 7.74. The maximum absolute atomic E-state index is 11.9. The van der Waals surface area contributed by atoms with Gasteiger partial charge in [0.1, 0.15) is 12.2 Å². The first-order chi connectivity index (χ1) is 12.2. The molecule has 1 unspecified atom stereocenters. The van der Waals surface area contributed by atoms with Crippen LogP contribution in [0.2, 0.25) is 0 Å². The van der Waals surface area contributed by atoms with Crippen LogP contribution < -0.4 is 4.74 Å². The summed E-state index contributed by atoms with van der Waals surface area (Å²) in [4.78, 5) is 23.1. The van der Waals surface area contributed by atoms with E-state index in [1.165, 1.54) is 31.4 Å². The topological polar surface area (TPSA) is 154 Å². The number of hydrogen-bond acceptors (Lipinski definition) is 8. The fraction of sp³-hybridized carbons (Fsp3) is 0.412. The molecule has 0 spiro atoms. The molecule has 0 bridgehead atoms. The summed E-state index contributed by atoms with van der Waals surface area (Å²) in [5.41, 5.74) is -1.78. The summed E-state index contributed by atoms with van der Waals surface area (Å²) in [7, 11) is 1.37. The monoisotopic (exact) mass is 368 g/mol. The number of phenolic OH excluding ortho intramolecular Hbond substituents is 1. The van der Waals surface area contributed by atoms with E-state index in [-0.39, 0.29) is 11.5 Å². The minimum Gasteiger partial charge on any atom is -0.504 e. The number of hydrogen-bond donors (Lipinski definition) is 5. The Labute approximate surface area is 148 Å². The molecule has 1 aliphatic carbocycles. The Morgan fingerprint density at radius 2 is 1.96 bits per heavy atom. The zero-order chi connectivity index (χ0) is 19.5. The van der Waals surface area contributed by atoms with Gasteiger partial charge in [-0.05, 0) is 23.8 Å². The van der Waals surface area contributed by atoms with Crippen LogP contribution in [0.3, 0.4) is 0 Å². The molecule has 0 aliphatic heterocycles. The van der Waals surface area contributed by atoms with E-state index >= 15 is 0 Å². The molecule has 0 radical (unpaired) electrons. The Morgan fingerprint density at radius 3 is 2.58 bits per heavy atom. The van der Waals surface area contributed by atoms with Gasteiger partial charge < -0.3 is 35.0 Å². The fourth-order valence-corrected chi connectivity index (χ4v) is 2.69. The number of aromatic hydroxyl groups is 1. The molecule has 2 rings (SSSR count). The predicted molar refractivity (Wildman–Crippen MR) is 87.4 cm³/mol. The van der Waals surface area contributed by atoms with Crippen LogP contribution in [-0.2, 0) is 14.3 Å². The number of benzene rings is 1. The van der Waals surface area contributed by atoms with Gasteiger partial charge >= 0.3 is 11.9 Å². The summed E-state index contributed by atoms with van der Waals surface area (Å²) in [6.45, 7) is 0. The highest BCUT2D eigenvalue weighted by molar-refractivity contribution is 5.87. The highest BCUT2D eigenvalue weighted by Crippen LogP contribution is 2.31. The summed E-state index contributed by atoms with van der Waals surface area (Å²) in [6, 6.07) is 4.36. The molecule has 1 aromatic rings. The zero-order valence-electron chi connectivity index (χ0n) is 13.9. The zero-order valence-corrected chi connectivity index (χ0v) is 13.9. The number of ether oxygens (including phenoxy) is 2. The van der Waals surface area contributed by atoms with Crippen molar-refractivity contribution in [2.24, 2.45) is 0 Å². The van der Waals surface area contributed by atoms with E-state index < -0.39 is 48.7 Å². The molecular weight excluding hydrogens is 348 g/mol. The molecule has 9 heteroatoms. The number of carbonyl (C=O) groups excluding carboxylic acids is 1. The lowest BCUT2D eigenvalue weighted by Gasteiger charge is -2.39. The third kappa shape index (κ3) is 4.31. The van der Waals surface area contributed by atoms with E-state index in [2.05, 4.69) is 0 Å². The third-order valence-electron chi connectivity index (χ3n) is 4.14. The van der Waals surface area contributed by atoms with Gasteiger partial charge in [0.05, 0.1) is 13.2 Å². The molecule has 4 atom stereocenters. The summed E-state index contributed by atoms with van der Waals surface area (Å²) >= 11 is 0. The van der Waals surface area contributed by atoms with Crippen LogP contribution in [0.5, 0.6) is 11.5 Å². The highest BCUT2D eigenvalue weighted by atomic mass is 16.6. The van der Waals surface area contributed by atoms with Gasteiger partial charge in [-0.3, -0.25) is 0 Å². The number of methoxy groups -OCH3 is 1. The molecule has 1 aromatic carbocycles. The maximum Gasteiger partial charge on any atom is 0.335 e. The van der Waals surface area contributed by atoms with Gasteiger partial charge in [-0.2, -0.15) is 0 Å². The van der Waals surface area contributed by atoms with Crippen molar-refractivity contribution in [3.8, 4) is 11.5 Å². The van der Waals surface area contributed by atoms with Crippen LogP contribution in [0.25, 0.3) is 6.08 Å². The largest absolute Gasteiger partial charge is 0.504 e. The number of carboxylic acids is 1. The van der Waals surface area contributed by atoms with Crippen LogP contribution in [0.1, 0.15) is 18.4 Å². The lowest BCUT2D eigenvalue weighted by molar-refractivity contribution is -0.196. The number of aliphatic hydroxyl groups is 3. The Kier molecular flexibility index (Phi) is 5.86. The van der Waals surface area contributed by atoms with Gasteiger partial charge in [-0.25, -0.2) is 9.59 Å². The van der Waals surface area contributed by atoms with E-state index in [0.29, 0.717) is 5.56 Å². The van der Waals surface area contributed by atoms with E-state index in [9.17, 15) is 30.0 Å². The normalized spacial score (nSPS) is 28.7. The lowest BCUT2D eigenvalue weighted by atomic mass is 9.79. The Bertz CT molecular complexity index is 714. The van der Waals surface area contributed by atoms with E-state index in [4.69, 9.17) is 14.6 Å². The van der Waals surface area contributed by atoms with Crippen molar-refractivity contribution >= 4 is 18.0 Å². The molecular formula is C17H20O9. The summed E-state index contributed by atoms with van der Waals surface area (Å²) < 4.78 is 9.92. The van der Waals surface area contributed by atoms with Gasteiger partial charge in [0, 0.05) is 18.9 Å². The third-order valence-corrected chi connectivity index (χ3v) is 4.14. The van der Waals surface area contributed by atoms with E-state index in [0.717, 1.165) is 6.08 Å². The number of aliphatic carboxylic acids is 1. The predicted octanol–water partition coefficient (Wildman–Crippen LogP) is -0.343. The molecule has 0 aromatic heterocycles. The van der Waals surface area contributed by atoms with Crippen LogP contribution in [-0.4, -0.2) is 68.5 Å². The van der Waals surface area contributed by atoms with Crippen LogP contribution in [0.15, 0.2) is 24.3 Å². The molecule has 5 N–H and O–H groups in total. The second-order valence-corrected chi connectivity index (χ2v) is 6.04. The first-order valence-corrected chi connectivity index (χ1v) is 7.74. The molecule has 1 fully saturated rings. The van der Waals surface area contributed by atoms with Crippen molar-refractivity contribution in [3.63, 3.8) is 0 Å². The van der Waals surface area contributed by atoms with Gasteiger partial charge in [0.2, 0.25) is 0 Å². The minimum absolute atomic E-state index is 0.0699. The molecule has 142 valence electrons. The molecule has 9 nitrogen and oxygen atoms in total. The molecule has 1 aliphatic rings. The molecule has 26 heavy (non-hydrogen) atoms. The van der Waals surface area contributed by atoms with Gasteiger partial charge in [0.15, 0.2) is 17.1 Å². The van der Waals surface area contributed by atoms with Crippen molar-refractivity contribution < 1.29 is 44.6 Å². The van der Waals surface area contributed by atoms with E-state index in [1.54, 1.807) is 0 Å². The number of aliphatic hydroxyl groups excluding tert-OH is 2. The van der Waals surface area contributed by atoms with Gasteiger partial charge in [-0.15, -0.1) is 0 Å². The molecule has 1 saturated carbocycles. The summed E-state index contributed by atoms with van der Waals surface area (Å²) in [5, 5.41) is 48.2. The average Bonchev–Trinajstić information content (AvgIpc) is 2.58. The highest BCUT2D eigenvalue weighted by Gasteiger charge is 2.50. The average molecular weight is 368 g/mol. The SMILES string of the molecule is COc1cc(/C=C/C(=O)OC2C[C@@](O)(C(=O)O)C[C@@H](O)[C@@H]2O)ccc1O. The first kappa shape index (κ1) is 19.7.